The SMILES string of the molecule is C=C(NCc1ccc(N)c(CNC2=CC(=C)C2C)c1)C(/C=C(\C)C(=C)C)=N\C(C)=C\C(C)CC. The summed E-state index contributed by atoms with van der Waals surface area (Å²) in [5.41, 5.74) is 16.3. The molecule has 4 nitrogen and oxygen atoms in total. The van der Waals surface area contributed by atoms with Gasteiger partial charge in [-0.25, -0.2) is 0 Å². The molecule has 0 heterocycles. The second-order valence-electron chi connectivity index (χ2n) is 9.41. The zero-order valence-corrected chi connectivity index (χ0v) is 21.9. The molecule has 0 saturated heterocycles. The van der Waals surface area contributed by atoms with Crippen LogP contribution in [0.2, 0.25) is 0 Å². The molecular weight excluding hydrogens is 416 g/mol. The van der Waals surface area contributed by atoms with Crippen LogP contribution in [0.25, 0.3) is 0 Å². The van der Waals surface area contributed by atoms with Crippen LogP contribution in [0, 0.1) is 11.8 Å². The number of hydrogen-bond acceptors (Lipinski definition) is 4. The Bertz CT molecular complexity index is 1070. The summed E-state index contributed by atoms with van der Waals surface area (Å²) >= 11 is 0. The van der Waals surface area contributed by atoms with E-state index in [1.807, 2.05) is 39.0 Å². The van der Waals surface area contributed by atoms with Crippen LogP contribution in [0.15, 0.2) is 95.0 Å². The van der Waals surface area contributed by atoms with Gasteiger partial charge in [-0.15, -0.1) is 0 Å². The Kier molecular flexibility index (Phi) is 9.73. The highest BCUT2D eigenvalue weighted by Crippen LogP contribution is 2.29. The van der Waals surface area contributed by atoms with Crippen LogP contribution in [0.4, 0.5) is 5.69 Å². The molecule has 4 heteroatoms. The average molecular weight is 459 g/mol. The van der Waals surface area contributed by atoms with Gasteiger partial charge in [0.05, 0.1) is 11.4 Å². The van der Waals surface area contributed by atoms with E-state index in [-0.39, 0.29) is 0 Å². The van der Waals surface area contributed by atoms with Gasteiger partial charge in [-0.3, -0.25) is 4.99 Å². The molecule has 0 aliphatic heterocycles. The number of nitrogen functional groups attached to an aromatic ring is 1. The normalized spacial score (nSPS) is 17.6. The first-order valence-corrected chi connectivity index (χ1v) is 12.1. The van der Waals surface area contributed by atoms with Crippen LogP contribution < -0.4 is 16.4 Å². The number of allylic oxidation sites excluding steroid dienone is 7. The molecule has 0 radical (unpaired) electrons. The van der Waals surface area contributed by atoms with Crippen LogP contribution in [0.3, 0.4) is 0 Å². The molecule has 4 N–H and O–H groups in total. The second kappa shape index (κ2) is 12.3. The Labute approximate surface area is 206 Å². The van der Waals surface area contributed by atoms with Gasteiger partial charge in [-0.05, 0) is 67.2 Å². The third kappa shape index (κ3) is 7.65. The second-order valence-corrected chi connectivity index (χ2v) is 9.41. The number of aliphatic imine (C=N–C) groups is 1. The number of rotatable bonds is 12. The first-order chi connectivity index (χ1) is 16.0. The lowest BCUT2D eigenvalue weighted by Crippen LogP contribution is -2.26. The fourth-order valence-corrected chi connectivity index (χ4v) is 3.45. The average Bonchev–Trinajstić information content (AvgIpc) is 2.80. The Morgan fingerprint density at radius 2 is 1.91 bits per heavy atom. The highest BCUT2D eigenvalue weighted by Gasteiger charge is 2.20. The first kappa shape index (κ1) is 27.0. The minimum absolute atomic E-state index is 0.389. The maximum atomic E-state index is 6.23. The zero-order chi connectivity index (χ0) is 25.4. The molecule has 0 aromatic heterocycles. The molecule has 2 atom stereocenters. The van der Waals surface area contributed by atoms with Crippen molar-refractivity contribution in [1.82, 2.24) is 10.6 Å². The Morgan fingerprint density at radius 1 is 1.21 bits per heavy atom. The lowest BCUT2D eigenvalue weighted by Gasteiger charge is -2.27. The van der Waals surface area contributed by atoms with Gasteiger partial charge in [0.15, 0.2) is 0 Å². The molecule has 0 spiro atoms. The molecule has 182 valence electrons. The van der Waals surface area contributed by atoms with Crippen molar-refractivity contribution in [3.8, 4) is 0 Å². The van der Waals surface area contributed by atoms with E-state index in [1.54, 1.807) is 0 Å². The number of anilines is 1. The summed E-state index contributed by atoms with van der Waals surface area (Å²) in [6, 6.07) is 6.15. The van der Waals surface area contributed by atoms with Crippen molar-refractivity contribution in [2.45, 2.75) is 61.1 Å². The van der Waals surface area contributed by atoms with Gasteiger partial charge in [0.2, 0.25) is 0 Å². The third-order valence-corrected chi connectivity index (χ3v) is 6.36. The largest absolute Gasteiger partial charge is 0.398 e. The van der Waals surface area contributed by atoms with E-state index in [1.165, 1.54) is 5.70 Å². The van der Waals surface area contributed by atoms with Gasteiger partial charge in [0.25, 0.3) is 0 Å². The zero-order valence-electron chi connectivity index (χ0n) is 21.9. The number of nitrogens with zero attached hydrogens (tertiary/aromatic N) is 1. The van der Waals surface area contributed by atoms with E-state index < -0.39 is 0 Å². The van der Waals surface area contributed by atoms with E-state index in [0.717, 1.165) is 57.1 Å². The number of nitrogens with one attached hydrogen (secondary N) is 2. The molecule has 2 unspecified atom stereocenters. The molecule has 0 saturated carbocycles. The smallest absolute Gasteiger partial charge is 0.0860 e. The van der Waals surface area contributed by atoms with Crippen LogP contribution in [-0.4, -0.2) is 5.71 Å². The van der Waals surface area contributed by atoms with Crippen molar-refractivity contribution >= 4 is 11.4 Å². The lowest BCUT2D eigenvalue weighted by atomic mass is 9.87. The topological polar surface area (TPSA) is 62.4 Å². The molecule has 0 bridgehead atoms. The minimum atomic E-state index is 0.389. The predicted molar refractivity (Wildman–Crippen MR) is 149 cm³/mol. The first-order valence-electron chi connectivity index (χ1n) is 12.1. The van der Waals surface area contributed by atoms with E-state index >= 15 is 0 Å². The highest BCUT2D eigenvalue weighted by molar-refractivity contribution is 6.08. The van der Waals surface area contributed by atoms with Crippen LogP contribution in [0.5, 0.6) is 0 Å². The fraction of sp³-hybridized carbons (Fsp3) is 0.367. The van der Waals surface area contributed by atoms with Crippen LogP contribution >= 0.6 is 0 Å². The van der Waals surface area contributed by atoms with Crippen LogP contribution in [0.1, 0.15) is 59.1 Å². The van der Waals surface area contributed by atoms with Crippen molar-refractivity contribution in [3.05, 3.63) is 101 Å². The fourth-order valence-electron chi connectivity index (χ4n) is 3.45. The van der Waals surface area contributed by atoms with E-state index in [0.29, 0.717) is 24.9 Å². The summed E-state index contributed by atoms with van der Waals surface area (Å²) in [6.45, 7) is 26.3. The molecule has 1 aliphatic rings. The summed E-state index contributed by atoms with van der Waals surface area (Å²) < 4.78 is 0. The van der Waals surface area contributed by atoms with Crippen molar-refractivity contribution in [3.63, 3.8) is 0 Å². The van der Waals surface area contributed by atoms with E-state index in [9.17, 15) is 0 Å². The van der Waals surface area contributed by atoms with Gasteiger partial charge in [0.1, 0.15) is 0 Å². The van der Waals surface area contributed by atoms with Crippen molar-refractivity contribution in [1.29, 1.82) is 0 Å². The van der Waals surface area contributed by atoms with E-state index in [2.05, 4.69) is 69.4 Å². The standard InChI is InChI=1S/C30H42N4/c1-10-20(4)13-23(7)34-30(14-21(5)19(2)3)25(9)32-17-26-11-12-28(31)27(16-26)18-33-29-15-22(6)24(29)8/h11-16,20,24,32-33H,2,6,9-10,17-18,31H2,1,3-5,7-8H3/b21-14+,23-13+,34-30-. The molecular formula is C30H42N4. The molecule has 2 rings (SSSR count). The van der Waals surface area contributed by atoms with Crippen LogP contribution in [-0.2, 0) is 13.1 Å². The number of benzene rings is 1. The van der Waals surface area contributed by atoms with Gasteiger partial charge >= 0.3 is 0 Å². The Balaban J connectivity index is 2.14. The number of hydrogen-bond donors (Lipinski definition) is 3. The molecule has 0 fully saturated rings. The molecule has 1 aliphatic carbocycles. The molecule has 1 aromatic carbocycles. The predicted octanol–water partition coefficient (Wildman–Crippen LogP) is 6.96. The quantitative estimate of drug-likeness (QED) is 0.180. The Morgan fingerprint density at radius 3 is 2.50 bits per heavy atom. The summed E-state index contributed by atoms with van der Waals surface area (Å²) in [5.74, 6) is 0.872. The summed E-state index contributed by atoms with van der Waals surface area (Å²) in [5, 5.41) is 6.93. The van der Waals surface area contributed by atoms with Gasteiger partial charge in [0, 0.05) is 36.1 Å². The molecule has 1 aromatic rings. The van der Waals surface area contributed by atoms with Gasteiger partial charge in [-0.1, -0.05) is 70.7 Å². The maximum absolute atomic E-state index is 6.23. The molecule has 34 heavy (non-hydrogen) atoms. The number of nitrogens with two attached hydrogens (primary N) is 1. The van der Waals surface area contributed by atoms with Crippen molar-refractivity contribution in [2.75, 3.05) is 5.73 Å². The molecule has 0 amide bonds. The third-order valence-electron chi connectivity index (χ3n) is 6.36. The maximum Gasteiger partial charge on any atom is 0.0860 e. The minimum Gasteiger partial charge on any atom is -0.398 e. The summed E-state index contributed by atoms with van der Waals surface area (Å²) in [6.07, 6.45) is 7.42. The van der Waals surface area contributed by atoms with E-state index in [4.69, 9.17) is 10.7 Å². The van der Waals surface area contributed by atoms with Gasteiger partial charge in [-0.2, -0.15) is 0 Å². The van der Waals surface area contributed by atoms with Crippen molar-refractivity contribution < 1.29 is 0 Å². The highest BCUT2D eigenvalue weighted by atomic mass is 14.9. The van der Waals surface area contributed by atoms with Gasteiger partial charge < -0.3 is 16.4 Å². The van der Waals surface area contributed by atoms with Crippen molar-refractivity contribution in [2.24, 2.45) is 16.8 Å². The Hall–Kier alpha value is -3.27. The summed E-state index contributed by atoms with van der Waals surface area (Å²) in [7, 11) is 0. The summed E-state index contributed by atoms with van der Waals surface area (Å²) in [4.78, 5) is 4.86. The lowest BCUT2D eigenvalue weighted by molar-refractivity contribution is 0.640. The monoisotopic (exact) mass is 458 g/mol.